The van der Waals surface area contributed by atoms with Crippen LogP contribution in [0.15, 0.2) is 0 Å². The molecule has 2 atom stereocenters. The molecule has 16 heavy (non-hydrogen) atoms. The van der Waals surface area contributed by atoms with E-state index in [2.05, 4.69) is 24.1 Å². The summed E-state index contributed by atoms with van der Waals surface area (Å²) >= 11 is 0. The zero-order chi connectivity index (χ0) is 12.0. The summed E-state index contributed by atoms with van der Waals surface area (Å²) in [4.78, 5) is 13.8. The van der Waals surface area contributed by atoms with Crippen molar-refractivity contribution in [3.05, 3.63) is 0 Å². The highest BCUT2D eigenvalue weighted by Crippen LogP contribution is 2.21. The fraction of sp³-hybridized carbons (Fsp3) is 0.923. The summed E-state index contributed by atoms with van der Waals surface area (Å²) in [7, 11) is 0. The van der Waals surface area contributed by atoms with Crippen LogP contribution in [0.2, 0.25) is 0 Å². The second-order valence-corrected chi connectivity index (χ2v) is 4.80. The van der Waals surface area contributed by atoms with E-state index in [1.165, 1.54) is 19.3 Å². The van der Waals surface area contributed by atoms with E-state index in [4.69, 9.17) is 0 Å². The summed E-state index contributed by atoms with van der Waals surface area (Å²) in [6.45, 7) is 9.19. The molecular weight excluding hydrogens is 200 g/mol. The molecule has 1 amide bonds. The van der Waals surface area contributed by atoms with E-state index in [9.17, 15) is 4.79 Å². The maximum atomic E-state index is 11.8. The van der Waals surface area contributed by atoms with Crippen molar-refractivity contribution < 1.29 is 4.79 Å². The zero-order valence-electron chi connectivity index (χ0n) is 11.0. The molecule has 1 aliphatic rings. The number of likely N-dealkylation sites (tertiary alicyclic amines) is 1. The van der Waals surface area contributed by atoms with Gasteiger partial charge in [-0.25, -0.2) is 0 Å². The van der Waals surface area contributed by atoms with Gasteiger partial charge in [-0.05, 0) is 25.3 Å². The van der Waals surface area contributed by atoms with Crippen LogP contribution in [0.3, 0.4) is 0 Å². The molecule has 1 saturated heterocycles. The van der Waals surface area contributed by atoms with Crippen molar-refractivity contribution in [3.63, 3.8) is 0 Å². The first-order valence-electron chi connectivity index (χ1n) is 6.72. The highest BCUT2D eigenvalue weighted by Gasteiger charge is 2.28. The van der Waals surface area contributed by atoms with Crippen molar-refractivity contribution in [2.45, 2.75) is 52.5 Å². The van der Waals surface area contributed by atoms with Crippen molar-refractivity contribution in [2.24, 2.45) is 5.92 Å². The average molecular weight is 226 g/mol. The first kappa shape index (κ1) is 13.5. The molecule has 0 radical (unpaired) electrons. The Morgan fingerprint density at radius 2 is 2.06 bits per heavy atom. The Labute approximate surface area is 99.6 Å². The van der Waals surface area contributed by atoms with Crippen LogP contribution in [0.25, 0.3) is 0 Å². The third kappa shape index (κ3) is 3.78. The molecule has 0 saturated carbocycles. The van der Waals surface area contributed by atoms with E-state index in [1.54, 1.807) is 0 Å². The highest BCUT2D eigenvalue weighted by molar-refractivity contribution is 5.76. The maximum absolute atomic E-state index is 11.8. The molecule has 0 bridgehead atoms. The number of carbonyl (C=O) groups excluding carboxylic acids is 1. The van der Waals surface area contributed by atoms with Gasteiger partial charge in [0.2, 0.25) is 5.91 Å². The molecule has 1 fully saturated rings. The van der Waals surface area contributed by atoms with Crippen molar-refractivity contribution in [1.29, 1.82) is 0 Å². The van der Waals surface area contributed by atoms with Gasteiger partial charge in [-0.1, -0.05) is 27.2 Å². The Hall–Kier alpha value is -0.570. The molecule has 0 aromatic rings. The lowest BCUT2D eigenvalue weighted by atomic mass is 9.90. The summed E-state index contributed by atoms with van der Waals surface area (Å²) in [5, 5.41) is 3.49. The van der Waals surface area contributed by atoms with Crippen LogP contribution in [0.5, 0.6) is 0 Å². The fourth-order valence-electron chi connectivity index (χ4n) is 2.68. The SMILES string of the molecule is CCCC1CC(NCC)CN(C(=O)CC)C1. The van der Waals surface area contributed by atoms with E-state index in [-0.39, 0.29) is 0 Å². The number of carbonyl (C=O) groups is 1. The second-order valence-electron chi connectivity index (χ2n) is 4.80. The van der Waals surface area contributed by atoms with Crippen LogP contribution in [0.1, 0.15) is 46.5 Å². The largest absolute Gasteiger partial charge is 0.341 e. The summed E-state index contributed by atoms with van der Waals surface area (Å²) in [6, 6.07) is 0.505. The second kappa shape index (κ2) is 6.89. The molecule has 1 heterocycles. The van der Waals surface area contributed by atoms with Crippen LogP contribution < -0.4 is 5.32 Å². The van der Waals surface area contributed by atoms with Crippen LogP contribution in [-0.2, 0) is 4.79 Å². The molecule has 2 unspecified atom stereocenters. The molecule has 0 spiro atoms. The van der Waals surface area contributed by atoms with Crippen molar-refractivity contribution >= 4 is 5.91 Å². The van der Waals surface area contributed by atoms with Gasteiger partial charge >= 0.3 is 0 Å². The minimum absolute atomic E-state index is 0.309. The van der Waals surface area contributed by atoms with Crippen molar-refractivity contribution in [1.82, 2.24) is 10.2 Å². The fourth-order valence-corrected chi connectivity index (χ4v) is 2.68. The molecule has 0 aromatic carbocycles. The van der Waals surface area contributed by atoms with Gasteiger partial charge in [0, 0.05) is 25.6 Å². The predicted octanol–water partition coefficient (Wildman–Crippen LogP) is 2.02. The van der Waals surface area contributed by atoms with Crippen molar-refractivity contribution in [2.75, 3.05) is 19.6 Å². The Morgan fingerprint density at radius 3 is 2.62 bits per heavy atom. The average Bonchev–Trinajstić information content (AvgIpc) is 2.28. The Balaban J connectivity index is 2.54. The van der Waals surface area contributed by atoms with Gasteiger partial charge in [-0.15, -0.1) is 0 Å². The minimum atomic E-state index is 0.309. The third-order valence-corrected chi connectivity index (χ3v) is 3.38. The summed E-state index contributed by atoms with van der Waals surface area (Å²) in [5.74, 6) is 1.00. The monoisotopic (exact) mass is 226 g/mol. The normalized spacial score (nSPS) is 25.8. The van der Waals surface area contributed by atoms with Crippen LogP contribution in [0.4, 0.5) is 0 Å². The molecule has 0 aliphatic carbocycles. The van der Waals surface area contributed by atoms with Gasteiger partial charge < -0.3 is 10.2 Å². The number of piperidine rings is 1. The van der Waals surface area contributed by atoms with Crippen molar-refractivity contribution in [3.8, 4) is 0 Å². The van der Waals surface area contributed by atoms with Gasteiger partial charge in [0.05, 0.1) is 0 Å². The molecule has 1 aliphatic heterocycles. The molecule has 3 nitrogen and oxygen atoms in total. The topological polar surface area (TPSA) is 32.3 Å². The first-order chi connectivity index (χ1) is 7.71. The van der Waals surface area contributed by atoms with Crippen LogP contribution >= 0.6 is 0 Å². The number of hydrogen-bond acceptors (Lipinski definition) is 2. The predicted molar refractivity (Wildman–Crippen MR) is 67.4 cm³/mol. The molecule has 3 heteroatoms. The summed E-state index contributed by atoms with van der Waals surface area (Å²) < 4.78 is 0. The number of rotatable bonds is 5. The Bertz CT molecular complexity index is 204. The standard InChI is InChI=1S/C13H26N2O/c1-4-7-11-8-12(14-6-3)10-15(9-11)13(16)5-2/h11-12,14H,4-10H2,1-3H3. The molecular formula is C13H26N2O. The van der Waals surface area contributed by atoms with E-state index in [0.29, 0.717) is 24.3 Å². The van der Waals surface area contributed by atoms with Gasteiger partial charge in [0.15, 0.2) is 0 Å². The number of nitrogens with one attached hydrogen (secondary N) is 1. The van der Waals surface area contributed by atoms with Crippen LogP contribution in [0, 0.1) is 5.92 Å². The maximum Gasteiger partial charge on any atom is 0.222 e. The van der Waals surface area contributed by atoms with E-state index in [0.717, 1.165) is 19.6 Å². The van der Waals surface area contributed by atoms with E-state index < -0.39 is 0 Å². The Kier molecular flexibility index (Phi) is 5.81. The minimum Gasteiger partial charge on any atom is -0.341 e. The summed E-state index contributed by atoms with van der Waals surface area (Å²) in [6.07, 6.45) is 4.33. The molecule has 1 N–H and O–H groups in total. The van der Waals surface area contributed by atoms with Gasteiger partial charge in [0.1, 0.15) is 0 Å². The molecule has 1 rings (SSSR count). The van der Waals surface area contributed by atoms with E-state index >= 15 is 0 Å². The van der Waals surface area contributed by atoms with Gasteiger partial charge in [-0.2, -0.15) is 0 Å². The quantitative estimate of drug-likeness (QED) is 0.778. The third-order valence-electron chi connectivity index (χ3n) is 3.38. The van der Waals surface area contributed by atoms with Gasteiger partial charge in [-0.3, -0.25) is 4.79 Å². The van der Waals surface area contributed by atoms with Crippen LogP contribution in [-0.4, -0.2) is 36.5 Å². The first-order valence-corrected chi connectivity index (χ1v) is 6.72. The number of nitrogens with zero attached hydrogens (tertiary/aromatic N) is 1. The molecule has 0 aromatic heterocycles. The lowest BCUT2D eigenvalue weighted by molar-refractivity contribution is -0.133. The van der Waals surface area contributed by atoms with Gasteiger partial charge in [0.25, 0.3) is 0 Å². The smallest absolute Gasteiger partial charge is 0.222 e. The highest BCUT2D eigenvalue weighted by atomic mass is 16.2. The molecule has 94 valence electrons. The van der Waals surface area contributed by atoms with E-state index in [1.807, 2.05) is 6.92 Å². The Morgan fingerprint density at radius 1 is 1.31 bits per heavy atom. The number of hydrogen-bond donors (Lipinski definition) is 1. The lowest BCUT2D eigenvalue weighted by Gasteiger charge is -2.38. The summed E-state index contributed by atoms with van der Waals surface area (Å²) in [5.41, 5.74) is 0. The number of likely N-dealkylation sites (N-methyl/N-ethyl adjacent to an activating group) is 1. The number of amides is 1. The lowest BCUT2D eigenvalue weighted by Crippen LogP contribution is -2.51. The zero-order valence-corrected chi connectivity index (χ0v) is 11.0.